The Labute approximate surface area is 147 Å². The highest BCUT2D eigenvalue weighted by Gasteiger charge is 2.51. The molecule has 1 aromatic heterocycles. The normalized spacial score (nSPS) is 31.2. The lowest BCUT2D eigenvalue weighted by Gasteiger charge is -2.35. The molecule has 2 saturated heterocycles. The molecule has 3 aliphatic rings. The van der Waals surface area contributed by atoms with Crippen molar-refractivity contribution in [3.63, 3.8) is 0 Å². The minimum atomic E-state index is 0.156. The van der Waals surface area contributed by atoms with Gasteiger partial charge in [0.1, 0.15) is 0 Å². The molecule has 24 heavy (non-hydrogen) atoms. The van der Waals surface area contributed by atoms with Gasteiger partial charge in [0.2, 0.25) is 5.91 Å². The maximum absolute atomic E-state index is 13.0. The maximum atomic E-state index is 13.0. The lowest BCUT2D eigenvalue weighted by atomic mass is 9.76. The summed E-state index contributed by atoms with van der Waals surface area (Å²) in [6.07, 6.45) is 6.69. The van der Waals surface area contributed by atoms with Crippen LogP contribution in [0, 0.1) is 18.3 Å². The first-order valence-corrected chi connectivity index (χ1v) is 10.1. The Bertz CT molecular complexity index is 599. The van der Waals surface area contributed by atoms with E-state index >= 15 is 0 Å². The van der Waals surface area contributed by atoms with E-state index in [2.05, 4.69) is 16.8 Å². The van der Waals surface area contributed by atoms with Crippen molar-refractivity contribution in [3.8, 4) is 0 Å². The van der Waals surface area contributed by atoms with Crippen molar-refractivity contribution >= 4 is 17.2 Å². The first kappa shape index (κ1) is 16.5. The predicted octanol–water partition coefficient (Wildman–Crippen LogP) is 3.00. The van der Waals surface area contributed by atoms with E-state index in [1.165, 1.54) is 17.7 Å². The van der Waals surface area contributed by atoms with E-state index in [9.17, 15) is 4.79 Å². The van der Waals surface area contributed by atoms with Crippen LogP contribution in [0.2, 0.25) is 0 Å². The van der Waals surface area contributed by atoms with Gasteiger partial charge in [0.15, 0.2) is 0 Å². The first-order valence-electron chi connectivity index (χ1n) is 9.24. The van der Waals surface area contributed by atoms with E-state index in [0.717, 1.165) is 57.6 Å². The smallest absolute Gasteiger partial charge is 0.249 e. The van der Waals surface area contributed by atoms with Crippen LogP contribution >= 0.6 is 11.3 Å². The van der Waals surface area contributed by atoms with Crippen molar-refractivity contribution < 1.29 is 9.63 Å². The lowest BCUT2D eigenvalue weighted by molar-refractivity contribution is -0.204. The van der Waals surface area contributed by atoms with Crippen molar-refractivity contribution in [2.75, 3.05) is 26.2 Å². The highest BCUT2D eigenvalue weighted by atomic mass is 32.1. The number of hydrogen-bond donors (Lipinski definition) is 0. The first-order chi connectivity index (χ1) is 11.7. The molecular formula is C18H27N3O2S. The summed E-state index contributed by atoms with van der Waals surface area (Å²) in [4.78, 5) is 26.9. The summed E-state index contributed by atoms with van der Waals surface area (Å²) >= 11 is 1.75. The fraction of sp³-hybridized carbons (Fsp3) is 0.778. The second kappa shape index (κ2) is 6.73. The van der Waals surface area contributed by atoms with Gasteiger partial charge in [0.25, 0.3) is 0 Å². The van der Waals surface area contributed by atoms with Crippen molar-refractivity contribution in [1.82, 2.24) is 14.9 Å². The Morgan fingerprint density at radius 2 is 2.29 bits per heavy atom. The molecule has 132 valence electrons. The number of nitrogens with zero attached hydrogens (tertiary/aromatic N) is 3. The van der Waals surface area contributed by atoms with Gasteiger partial charge in [-0.1, -0.05) is 6.42 Å². The Hall–Kier alpha value is -0.980. The quantitative estimate of drug-likeness (QED) is 0.841. The summed E-state index contributed by atoms with van der Waals surface area (Å²) in [6, 6.07) is 0. The SMILES string of the molecule is Cc1ncsc1CN1CC[C@]2(CCC[C@H]2C(=O)N2CCCCO2)C1. The molecule has 2 aliphatic heterocycles. The van der Waals surface area contributed by atoms with Crippen LogP contribution in [0.15, 0.2) is 5.51 Å². The number of amides is 1. The molecule has 6 heteroatoms. The molecule has 0 radical (unpaired) electrons. The third-order valence-electron chi connectivity index (χ3n) is 6.13. The summed E-state index contributed by atoms with van der Waals surface area (Å²) in [5, 5.41) is 1.68. The summed E-state index contributed by atoms with van der Waals surface area (Å²) in [5.41, 5.74) is 3.27. The second-order valence-corrected chi connectivity index (χ2v) is 8.55. The predicted molar refractivity (Wildman–Crippen MR) is 93.4 cm³/mol. The molecule has 1 spiro atoms. The molecule has 3 fully saturated rings. The van der Waals surface area contributed by atoms with Gasteiger partial charge in [-0.05, 0) is 51.0 Å². The number of rotatable bonds is 3. The highest BCUT2D eigenvalue weighted by molar-refractivity contribution is 7.09. The Kier molecular flexibility index (Phi) is 4.62. The summed E-state index contributed by atoms with van der Waals surface area (Å²) in [6.45, 7) is 6.70. The van der Waals surface area contributed by atoms with E-state index in [1.54, 1.807) is 16.4 Å². The van der Waals surface area contributed by atoms with E-state index in [1.807, 2.05) is 5.51 Å². The average Bonchev–Trinajstić information content (AvgIpc) is 3.31. The van der Waals surface area contributed by atoms with Crippen LogP contribution in [-0.2, 0) is 16.2 Å². The van der Waals surface area contributed by atoms with Crippen molar-refractivity contribution in [2.45, 2.75) is 52.0 Å². The molecule has 1 aromatic rings. The van der Waals surface area contributed by atoms with Crippen molar-refractivity contribution in [2.24, 2.45) is 11.3 Å². The highest BCUT2D eigenvalue weighted by Crippen LogP contribution is 2.50. The van der Waals surface area contributed by atoms with Gasteiger partial charge in [0, 0.05) is 30.4 Å². The van der Waals surface area contributed by atoms with Gasteiger partial charge in [-0.2, -0.15) is 0 Å². The van der Waals surface area contributed by atoms with Crippen LogP contribution in [0.1, 0.15) is 49.1 Å². The fourth-order valence-corrected chi connectivity index (χ4v) is 5.58. The zero-order valence-corrected chi connectivity index (χ0v) is 15.3. The van der Waals surface area contributed by atoms with Crippen LogP contribution in [-0.4, -0.2) is 47.1 Å². The van der Waals surface area contributed by atoms with E-state index in [0.29, 0.717) is 6.61 Å². The molecule has 2 atom stereocenters. The van der Waals surface area contributed by atoms with E-state index in [4.69, 9.17) is 4.84 Å². The third kappa shape index (κ3) is 3.00. The molecule has 3 heterocycles. The van der Waals surface area contributed by atoms with Gasteiger partial charge >= 0.3 is 0 Å². The van der Waals surface area contributed by atoms with Crippen molar-refractivity contribution in [1.29, 1.82) is 0 Å². The molecule has 5 nitrogen and oxygen atoms in total. The van der Waals surface area contributed by atoms with E-state index in [-0.39, 0.29) is 17.2 Å². The van der Waals surface area contributed by atoms with Crippen LogP contribution in [0.4, 0.5) is 0 Å². The van der Waals surface area contributed by atoms with Crippen LogP contribution in [0.5, 0.6) is 0 Å². The fourth-order valence-electron chi connectivity index (χ4n) is 4.76. The number of carbonyl (C=O) groups is 1. The largest absolute Gasteiger partial charge is 0.298 e. The number of aromatic nitrogens is 1. The Morgan fingerprint density at radius 1 is 1.38 bits per heavy atom. The Morgan fingerprint density at radius 3 is 3.04 bits per heavy atom. The number of likely N-dealkylation sites (tertiary alicyclic amines) is 1. The van der Waals surface area contributed by atoms with Crippen LogP contribution in [0.3, 0.4) is 0 Å². The summed E-state index contributed by atoms with van der Waals surface area (Å²) < 4.78 is 0. The molecule has 1 saturated carbocycles. The summed E-state index contributed by atoms with van der Waals surface area (Å²) in [7, 11) is 0. The third-order valence-corrected chi connectivity index (χ3v) is 7.05. The molecule has 1 amide bonds. The Balaban J connectivity index is 1.44. The standard InChI is InChI=1S/C18H27N3O2S/c1-14-16(24-13-19-14)11-20-9-7-18(12-20)6-4-5-15(18)17(22)21-8-2-3-10-23-21/h13,15H,2-12H2,1H3/t15-,18+/m0/s1. The lowest BCUT2D eigenvalue weighted by Crippen LogP contribution is -2.45. The molecule has 0 unspecified atom stereocenters. The minimum absolute atomic E-state index is 0.156. The minimum Gasteiger partial charge on any atom is -0.298 e. The monoisotopic (exact) mass is 349 g/mol. The van der Waals surface area contributed by atoms with Gasteiger partial charge in [-0.15, -0.1) is 11.3 Å². The van der Waals surface area contributed by atoms with Gasteiger partial charge < -0.3 is 0 Å². The molecule has 4 rings (SSSR count). The zero-order chi connectivity index (χ0) is 16.6. The average molecular weight is 350 g/mol. The number of hydrogen-bond acceptors (Lipinski definition) is 5. The van der Waals surface area contributed by atoms with Crippen LogP contribution < -0.4 is 0 Å². The van der Waals surface area contributed by atoms with Crippen molar-refractivity contribution in [3.05, 3.63) is 16.1 Å². The number of hydroxylamine groups is 2. The van der Waals surface area contributed by atoms with Gasteiger partial charge in [-0.3, -0.25) is 14.5 Å². The summed E-state index contributed by atoms with van der Waals surface area (Å²) in [5.74, 6) is 0.408. The number of thiazole rings is 1. The molecular weight excluding hydrogens is 322 g/mol. The number of carbonyl (C=O) groups excluding carboxylic acids is 1. The molecule has 1 aliphatic carbocycles. The molecule has 0 N–H and O–H groups in total. The second-order valence-electron chi connectivity index (χ2n) is 7.61. The van der Waals surface area contributed by atoms with Gasteiger partial charge in [0.05, 0.1) is 17.8 Å². The topological polar surface area (TPSA) is 45.7 Å². The van der Waals surface area contributed by atoms with E-state index < -0.39 is 0 Å². The maximum Gasteiger partial charge on any atom is 0.249 e. The number of aryl methyl sites for hydroxylation is 1. The zero-order valence-electron chi connectivity index (χ0n) is 14.5. The molecule has 0 bridgehead atoms. The van der Waals surface area contributed by atoms with Crippen LogP contribution in [0.25, 0.3) is 0 Å². The molecule has 0 aromatic carbocycles. The van der Waals surface area contributed by atoms with Gasteiger partial charge in [-0.25, -0.2) is 10.0 Å².